The number of hydrogen-bond donors (Lipinski definition) is 2. The third-order valence-electron chi connectivity index (χ3n) is 4.27. The zero-order valence-electron chi connectivity index (χ0n) is 10.7. The molecule has 3 aliphatic rings. The molecule has 2 heterocycles. The molecule has 0 amide bonds. The van der Waals surface area contributed by atoms with Crippen molar-refractivity contribution >= 4 is 23.2 Å². The molecule has 1 aromatic carbocycles. The summed E-state index contributed by atoms with van der Waals surface area (Å²) in [5, 5.41) is 6.42. The van der Waals surface area contributed by atoms with Gasteiger partial charge in [0.2, 0.25) is 5.96 Å². The molecule has 2 aliphatic heterocycles. The van der Waals surface area contributed by atoms with Crippen molar-refractivity contribution in [1.29, 1.82) is 0 Å². The summed E-state index contributed by atoms with van der Waals surface area (Å²) in [5.41, 5.74) is 7.51. The van der Waals surface area contributed by atoms with Gasteiger partial charge in [0.1, 0.15) is 0 Å². The molecule has 0 radical (unpaired) electrons. The largest absolute Gasteiger partial charge is 0.353 e. The minimum absolute atomic E-state index is 0.618. The Bertz CT molecular complexity index is 555. The van der Waals surface area contributed by atoms with Crippen molar-refractivity contribution in [2.75, 3.05) is 24.6 Å². The molecule has 0 saturated carbocycles. The molecular formula is C14H17ClN4. The first-order valence-electron chi connectivity index (χ1n) is 6.97. The van der Waals surface area contributed by atoms with Crippen LogP contribution in [0.3, 0.4) is 0 Å². The monoisotopic (exact) mass is 276 g/mol. The van der Waals surface area contributed by atoms with Crippen LogP contribution in [0.5, 0.6) is 0 Å². The molecular weight excluding hydrogens is 260 g/mol. The predicted octanol–water partition coefficient (Wildman–Crippen LogP) is 2.04. The topological polar surface area (TPSA) is 39.7 Å². The third kappa shape index (κ3) is 1.77. The van der Waals surface area contributed by atoms with Crippen molar-refractivity contribution in [2.24, 2.45) is 4.99 Å². The predicted molar refractivity (Wildman–Crippen MR) is 77.9 cm³/mol. The zero-order chi connectivity index (χ0) is 12.8. The highest BCUT2D eigenvalue weighted by molar-refractivity contribution is 6.31. The SMILES string of the molecule is Clc1ccc2c3c1CCCC3CN2NC1=NCCN1. The number of benzene rings is 1. The lowest BCUT2D eigenvalue weighted by Gasteiger charge is -2.22. The number of nitrogens with zero attached hydrogens (tertiary/aromatic N) is 2. The molecule has 19 heavy (non-hydrogen) atoms. The second kappa shape index (κ2) is 4.30. The van der Waals surface area contributed by atoms with E-state index >= 15 is 0 Å². The number of rotatable bonds is 1. The second-order valence-electron chi connectivity index (χ2n) is 5.43. The van der Waals surface area contributed by atoms with Crippen LogP contribution in [0.25, 0.3) is 0 Å². The van der Waals surface area contributed by atoms with Crippen LogP contribution in [-0.2, 0) is 6.42 Å². The molecule has 0 saturated heterocycles. The van der Waals surface area contributed by atoms with Gasteiger partial charge in [-0.1, -0.05) is 11.6 Å². The molecule has 0 aromatic heterocycles. The van der Waals surface area contributed by atoms with Gasteiger partial charge in [0.05, 0.1) is 12.2 Å². The first-order chi connectivity index (χ1) is 9.33. The Morgan fingerprint density at radius 2 is 2.37 bits per heavy atom. The van der Waals surface area contributed by atoms with Crippen LogP contribution in [0.4, 0.5) is 5.69 Å². The maximum absolute atomic E-state index is 6.35. The first kappa shape index (κ1) is 11.4. The van der Waals surface area contributed by atoms with Gasteiger partial charge in [-0.25, -0.2) is 0 Å². The molecule has 5 heteroatoms. The third-order valence-corrected chi connectivity index (χ3v) is 4.63. The number of hydrazine groups is 1. The van der Waals surface area contributed by atoms with E-state index in [9.17, 15) is 0 Å². The molecule has 1 unspecified atom stereocenters. The van der Waals surface area contributed by atoms with Crippen molar-refractivity contribution < 1.29 is 0 Å². The Morgan fingerprint density at radius 1 is 1.42 bits per heavy atom. The summed E-state index contributed by atoms with van der Waals surface area (Å²) in [6.45, 7) is 2.81. The average Bonchev–Trinajstić information content (AvgIpc) is 3.03. The first-order valence-corrected chi connectivity index (χ1v) is 7.34. The average molecular weight is 277 g/mol. The Kier molecular flexibility index (Phi) is 2.58. The lowest BCUT2D eigenvalue weighted by molar-refractivity contribution is 0.567. The van der Waals surface area contributed by atoms with Gasteiger partial charge >= 0.3 is 0 Å². The van der Waals surface area contributed by atoms with Gasteiger partial charge in [0.25, 0.3) is 0 Å². The maximum atomic E-state index is 6.35. The van der Waals surface area contributed by atoms with Crippen molar-refractivity contribution in [3.8, 4) is 0 Å². The summed E-state index contributed by atoms with van der Waals surface area (Å²) < 4.78 is 0. The van der Waals surface area contributed by atoms with Crippen molar-refractivity contribution in [3.05, 3.63) is 28.3 Å². The van der Waals surface area contributed by atoms with Crippen LogP contribution in [-0.4, -0.2) is 25.6 Å². The van der Waals surface area contributed by atoms with E-state index in [2.05, 4.69) is 26.8 Å². The lowest BCUT2D eigenvalue weighted by Crippen LogP contribution is -2.46. The van der Waals surface area contributed by atoms with E-state index in [4.69, 9.17) is 11.6 Å². The van der Waals surface area contributed by atoms with Crippen LogP contribution in [0.15, 0.2) is 17.1 Å². The fourth-order valence-corrected chi connectivity index (χ4v) is 3.71. The smallest absolute Gasteiger partial charge is 0.210 e. The lowest BCUT2D eigenvalue weighted by atomic mass is 9.84. The number of aliphatic imine (C=N–C) groups is 1. The summed E-state index contributed by atoms with van der Waals surface area (Å²) in [7, 11) is 0. The Balaban J connectivity index is 1.70. The molecule has 100 valence electrons. The van der Waals surface area contributed by atoms with Crippen molar-refractivity contribution in [1.82, 2.24) is 10.7 Å². The van der Waals surface area contributed by atoms with Crippen LogP contribution >= 0.6 is 11.6 Å². The summed E-state index contributed by atoms with van der Waals surface area (Å²) in [6, 6.07) is 4.16. The van der Waals surface area contributed by atoms with E-state index in [1.807, 2.05) is 6.07 Å². The maximum Gasteiger partial charge on any atom is 0.210 e. The van der Waals surface area contributed by atoms with Gasteiger partial charge in [0.15, 0.2) is 0 Å². The van der Waals surface area contributed by atoms with Crippen LogP contribution in [0, 0.1) is 0 Å². The molecule has 0 spiro atoms. The van der Waals surface area contributed by atoms with E-state index in [0.717, 1.165) is 37.0 Å². The molecule has 2 N–H and O–H groups in total. The normalized spacial score (nSPS) is 23.9. The number of guanidine groups is 1. The molecule has 1 aliphatic carbocycles. The fraction of sp³-hybridized carbons (Fsp3) is 0.500. The Labute approximate surface area is 117 Å². The highest BCUT2D eigenvalue weighted by Gasteiger charge is 2.34. The number of halogens is 1. The van der Waals surface area contributed by atoms with E-state index in [0.29, 0.717) is 5.92 Å². The second-order valence-corrected chi connectivity index (χ2v) is 5.83. The quantitative estimate of drug-likeness (QED) is 0.825. The highest BCUT2D eigenvalue weighted by atomic mass is 35.5. The number of nitrogens with one attached hydrogen (secondary N) is 2. The zero-order valence-corrected chi connectivity index (χ0v) is 11.5. The number of hydrogen-bond acceptors (Lipinski definition) is 4. The molecule has 0 bridgehead atoms. The minimum atomic E-state index is 0.618. The Hall–Kier alpha value is -1.42. The minimum Gasteiger partial charge on any atom is -0.353 e. The van der Waals surface area contributed by atoms with Gasteiger partial charge < -0.3 is 5.32 Å². The van der Waals surface area contributed by atoms with E-state index in [1.54, 1.807) is 0 Å². The summed E-state index contributed by atoms with van der Waals surface area (Å²) in [6.07, 6.45) is 3.62. The standard InChI is InChI=1S/C14H17ClN4/c15-11-4-5-12-13-9(2-1-3-10(11)13)8-19(12)18-14-16-6-7-17-14/h4-5,9H,1-3,6-8H2,(H2,16,17,18). The van der Waals surface area contributed by atoms with Gasteiger partial charge in [-0.15, -0.1) is 0 Å². The van der Waals surface area contributed by atoms with Gasteiger partial charge in [0, 0.05) is 24.0 Å². The van der Waals surface area contributed by atoms with Gasteiger partial charge in [-0.2, -0.15) is 0 Å². The van der Waals surface area contributed by atoms with E-state index in [1.165, 1.54) is 29.7 Å². The van der Waals surface area contributed by atoms with Gasteiger partial charge in [-0.3, -0.25) is 15.4 Å². The summed E-state index contributed by atoms with van der Waals surface area (Å²) in [5.74, 6) is 1.51. The van der Waals surface area contributed by atoms with Crippen LogP contribution in [0.1, 0.15) is 29.9 Å². The number of anilines is 1. The molecule has 1 atom stereocenters. The van der Waals surface area contributed by atoms with Gasteiger partial charge in [-0.05, 0) is 42.5 Å². The van der Waals surface area contributed by atoms with Crippen molar-refractivity contribution in [2.45, 2.75) is 25.2 Å². The van der Waals surface area contributed by atoms with E-state index in [-0.39, 0.29) is 0 Å². The fourth-order valence-electron chi connectivity index (χ4n) is 3.45. The van der Waals surface area contributed by atoms with Crippen molar-refractivity contribution in [3.63, 3.8) is 0 Å². The van der Waals surface area contributed by atoms with Crippen LogP contribution < -0.4 is 15.8 Å². The summed E-state index contributed by atoms with van der Waals surface area (Å²) >= 11 is 6.35. The van der Waals surface area contributed by atoms with Crippen LogP contribution in [0.2, 0.25) is 5.02 Å². The summed E-state index contributed by atoms with van der Waals surface area (Å²) in [4.78, 5) is 4.41. The van der Waals surface area contributed by atoms with E-state index < -0.39 is 0 Å². The molecule has 1 aromatic rings. The molecule has 4 nitrogen and oxygen atoms in total. The Morgan fingerprint density at radius 3 is 3.21 bits per heavy atom. The molecule has 4 rings (SSSR count). The molecule has 0 fully saturated rings. The highest BCUT2D eigenvalue weighted by Crippen LogP contribution is 2.45.